The smallest absolute Gasteiger partial charge is 0.134 e. The van der Waals surface area contributed by atoms with Gasteiger partial charge >= 0.3 is 0 Å². The van der Waals surface area contributed by atoms with E-state index in [1.165, 1.54) is 25.7 Å². The maximum atomic E-state index is 9.42. The molecule has 0 aliphatic carbocycles. The van der Waals surface area contributed by atoms with Crippen LogP contribution in [0.3, 0.4) is 0 Å². The lowest BCUT2D eigenvalue weighted by Gasteiger charge is -2.33. The highest BCUT2D eigenvalue weighted by molar-refractivity contribution is 9.10. The van der Waals surface area contributed by atoms with Crippen LogP contribution < -0.4 is 4.90 Å². The first-order valence-electron chi connectivity index (χ1n) is 6.74. The van der Waals surface area contributed by atoms with Crippen molar-refractivity contribution < 1.29 is 5.11 Å². The van der Waals surface area contributed by atoms with Crippen LogP contribution in [0.4, 0.5) is 5.82 Å². The Hall–Kier alpha value is -0.610. The first-order chi connectivity index (χ1) is 8.74. The second-order valence-corrected chi connectivity index (χ2v) is 5.93. The molecule has 0 aromatic carbocycles. The Bertz CT molecular complexity index is 389. The van der Waals surface area contributed by atoms with Crippen molar-refractivity contribution in [3.8, 4) is 0 Å². The van der Waals surface area contributed by atoms with Crippen LogP contribution in [0.15, 0.2) is 16.7 Å². The van der Waals surface area contributed by atoms with E-state index in [-0.39, 0.29) is 6.61 Å². The minimum atomic E-state index is 0.0522. The summed E-state index contributed by atoms with van der Waals surface area (Å²) in [7, 11) is 0. The van der Waals surface area contributed by atoms with Gasteiger partial charge in [-0.3, -0.25) is 0 Å². The molecule has 0 spiro atoms. The van der Waals surface area contributed by atoms with Gasteiger partial charge in [0.05, 0.1) is 6.61 Å². The number of aromatic nitrogens is 1. The number of hydrogen-bond acceptors (Lipinski definition) is 3. The van der Waals surface area contributed by atoms with Crippen molar-refractivity contribution in [1.82, 2.24) is 4.98 Å². The average molecular weight is 313 g/mol. The number of pyridine rings is 1. The first-order valence-corrected chi connectivity index (χ1v) is 7.54. The largest absolute Gasteiger partial charge is 0.392 e. The van der Waals surface area contributed by atoms with Crippen molar-refractivity contribution in [1.29, 1.82) is 0 Å². The number of anilines is 1. The molecule has 1 aliphatic rings. The lowest BCUT2D eigenvalue weighted by molar-refractivity contribution is 0.281. The highest BCUT2D eigenvalue weighted by atomic mass is 79.9. The van der Waals surface area contributed by atoms with Crippen molar-refractivity contribution in [2.75, 3.05) is 18.0 Å². The van der Waals surface area contributed by atoms with Gasteiger partial charge in [0.2, 0.25) is 0 Å². The van der Waals surface area contributed by atoms with Gasteiger partial charge in [-0.2, -0.15) is 0 Å². The van der Waals surface area contributed by atoms with E-state index in [2.05, 4.69) is 32.7 Å². The molecule has 1 aromatic heterocycles. The number of aliphatic hydroxyl groups is 1. The molecular formula is C14H21BrN2O. The molecule has 1 N–H and O–H groups in total. The average Bonchev–Trinajstić information content (AvgIpc) is 2.40. The summed E-state index contributed by atoms with van der Waals surface area (Å²) in [5, 5.41) is 9.42. The molecule has 3 nitrogen and oxygen atoms in total. The standard InChI is InChI=1S/C14H21BrN2O/c1-2-3-11-4-6-17(7-5-11)14-12(10-18)8-13(15)9-16-14/h8-9,11,18H,2-7,10H2,1H3. The predicted octanol–water partition coefficient (Wildman–Crippen LogP) is 3.35. The second kappa shape index (κ2) is 6.53. The molecule has 0 amide bonds. The third-order valence-electron chi connectivity index (χ3n) is 3.69. The van der Waals surface area contributed by atoms with E-state index in [9.17, 15) is 5.11 Å². The Balaban J connectivity index is 2.05. The second-order valence-electron chi connectivity index (χ2n) is 5.01. The molecule has 0 bridgehead atoms. The fourth-order valence-corrected chi connectivity index (χ4v) is 3.10. The maximum Gasteiger partial charge on any atom is 0.134 e. The van der Waals surface area contributed by atoms with E-state index in [0.717, 1.165) is 34.9 Å². The Morgan fingerprint density at radius 2 is 2.17 bits per heavy atom. The van der Waals surface area contributed by atoms with Crippen molar-refractivity contribution in [2.24, 2.45) is 5.92 Å². The summed E-state index contributed by atoms with van der Waals surface area (Å²) < 4.78 is 0.927. The number of halogens is 1. The minimum absolute atomic E-state index is 0.0522. The topological polar surface area (TPSA) is 36.4 Å². The fourth-order valence-electron chi connectivity index (χ4n) is 2.72. The van der Waals surface area contributed by atoms with Crippen LogP contribution in [-0.4, -0.2) is 23.2 Å². The molecule has 4 heteroatoms. The molecule has 1 saturated heterocycles. The van der Waals surface area contributed by atoms with Crippen molar-refractivity contribution >= 4 is 21.7 Å². The molecule has 0 saturated carbocycles. The van der Waals surface area contributed by atoms with Gasteiger partial charge in [-0.15, -0.1) is 0 Å². The number of piperidine rings is 1. The molecule has 0 radical (unpaired) electrons. The Morgan fingerprint density at radius 3 is 2.78 bits per heavy atom. The molecular weight excluding hydrogens is 292 g/mol. The van der Waals surface area contributed by atoms with Gasteiger partial charge in [-0.25, -0.2) is 4.98 Å². The zero-order chi connectivity index (χ0) is 13.0. The van der Waals surface area contributed by atoms with Crippen molar-refractivity contribution in [3.05, 3.63) is 22.3 Å². The summed E-state index contributed by atoms with van der Waals surface area (Å²) in [4.78, 5) is 6.77. The molecule has 1 aromatic rings. The van der Waals surface area contributed by atoms with E-state index in [0.29, 0.717) is 0 Å². The summed E-state index contributed by atoms with van der Waals surface area (Å²) in [6, 6.07) is 1.96. The predicted molar refractivity (Wildman–Crippen MR) is 77.7 cm³/mol. The van der Waals surface area contributed by atoms with Crippen molar-refractivity contribution in [2.45, 2.75) is 39.2 Å². The summed E-state index contributed by atoms with van der Waals surface area (Å²) in [5.74, 6) is 1.83. The maximum absolute atomic E-state index is 9.42. The van der Waals surface area contributed by atoms with E-state index in [1.807, 2.05) is 12.3 Å². The molecule has 0 atom stereocenters. The van der Waals surface area contributed by atoms with E-state index in [1.54, 1.807) is 0 Å². The Morgan fingerprint density at radius 1 is 1.44 bits per heavy atom. The zero-order valence-electron chi connectivity index (χ0n) is 10.9. The number of nitrogens with zero attached hydrogens (tertiary/aromatic N) is 2. The molecule has 18 heavy (non-hydrogen) atoms. The highest BCUT2D eigenvalue weighted by Gasteiger charge is 2.21. The highest BCUT2D eigenvalue weighted by Crippen LogP contribution is 2.28. The SMILES string of the molecule is CCCC1CCN(c2ncc(Br)cc2CO)CC1. The van der Waals surface area contributed by atoms with Gasteiger partial charge in [-0.1, -0.05) is 19.8 Å². The summed E-state index contributed by atoms with van der Waals surface area (Å²) in [5.41, 5.74) is 0.915. The van der Waals surface area contributed by atoms with E-state index < -0.39 is 0 Å². The molecule has 1 aliphatic heterocycles. The molecule has 100 valence electrons. The molecule has 0 unspecified atom stereocenters. The number of hydrogen-bond donors (Lipinski definition) is 1. The molecule has 2 heterocycles. The first kappa shape index (κ1) is 13.8. The van der Waals surface area contributed by atoms with Gasteiger partial charge in [0.15, 0.2) is 0 Å². The quantitative estimate of drug-likeness (QED) is 0.926. The fraction of sp³-hybridized carbons (Fsp3) is 0.643. The lowest BCUT2D eigenvalue weighted by atomic mass is 9.92. The van der Waals surface area contributed by atoms with Crippen LogP contribution >= 0.6 is 15.9 Å². The van der Waals surface area contributed by atoms with Crippen LogP contribution in [0, 0.1) is 5.92 Å². The van der Waals surface area contributed by atoms with Gasteiger partial charge in [0.1, 0.15) is 5.82 Å². The van der Waals surface area contributed by atoms with Gasteiger partial charge < -0.3 is 10.0 Å². The normalized spacial score (nSPS) is 17.2. The van der Waals surface area contributed by atoms with Crippen LogP contribution in [0.2, 0.25) is 0 Å². The summed E-state index contributed by atoms with van der Waals surface area (Å²) >= 11 is 3.40. The molecule has 2 rings (SSSR count). The van der Waals surface area contributed by atoms with E-state index in [4.69, 9.17) is 0 Å². The third kappa shape index (κ3) is 3.23. The van der Waals surface area contributed by atoms with Crippen LogP contribution in [0.25, 0.3) is 0 Å². The van der Waals surface area contributed by atoms with Crippen LogP contribution in [0.1, 0.15) is 38.2 Å². The Kier molecular flexibility index (Phi) is 5.01. The molecule has 1 fully saturated rings. The van der Waals surface area contributed by atoms with Gasteiger partial charge in [-0.05, 0) is 40.8 Å². The Labute approximate surface area is 117 Å². The minimum Gasteiger partial charge on any atom is -0.392 e. The van der Waals surface area contributed by atoms with Crippen LogP contribution in [0.5, 0.6) is 0 Å². The lowest BCUT2D eigenvalue weighted by Crippen LogP contribution is -2.34. The zero-order valence-corrected chi connectivity index (χ0v) is 12.5. The third-order valence-corrected chi connectivity index (χ3v) is 4.12. The summed E-state index contributed by atoms with van der Waals surface area (Å²) in [6.45, 7) is 4.43. The van der Waals surface area contributed by atoms with E-state index >= 15 is 0 Å². The monoisotopic (exact) mass is 312 g/mol. The number of aliphatic hydroxyl groups excluding tert-OH is 1. The van der Waals surface area contributed by atoms with Gasteiger partial charge in [0, 0.05) is 29.3 Å². The summed E-state index contributed by atoms with van der Waals surface area (Å²) in [6.07, 6.45) is 6.93. The van der Waals surface area contributed by atoms with Crippen LogP contribution in [-0.2, 0) is 6.61 Å². The van der Waals surface area contributed by atoms with Gasteiger partial charge in [0.25, 0.3) is 0 Å². The number of rotatable bonds is 4. The van der Waals surface area contributed by atoms with Crippen molar-refractivity contribution in [3.63, 3.8) is 0 Å².